The number of nitrogens with zero attached hydrogens (tertiary/aromatic N) is 1. The molecule has 0 radical (unpaired) electrons. The molecule has 1 heterocycles. The van der Waals surface area contributed by atoms with Crippen LogP contribution in [-0.2, 0) is 11.2 Å². The number of hydrogen-bond donors (Lipinski definition) is 2. The summed E-state index contributed by atoms with van der Waals surface area (Å²) in [5.41, 5.74) is 2.25. The predicted molar refractivity (Wildman–Crippen MR) is 110 cm³/mol. The third kappa shape index (κ3) is 5.29. The van der Waals surface area contributed by atoms with Crippen LogP contribution in [0.4, 0.5) is 0 Å². The zero-order chi connectivity index (χ0) is 20.6. The molecule has 2 aromatic carbocycles. The average Bonchev–Trinajstić information content (AvgIpc) is 2.76. The molecule has 29 heavy (non-hydrogen) atoms. The molecule has 0 aliphatic carbocycles. The van der Waals surface area contributed by atoms with Gasteiger partial charge in [-0.15, -0.1) is 0 Å². The highest BCUT2D eigenvalue weighted by molar-refractivity contribution is 5.97. The zero-order valence-corrected chi connectivity index (χ0v) is 16.6. The van der Waals surface area contributed by atoms with Gasteiger partial charge < -0.3 is 20.1 Å². The number of carbonyl (C=O) groups is 1. The Morgan fingerprint density at radius 1 is 1.24 bits per heavy atom. The summed E-state index contributed by atoms with van der Waals surface area (Å²) in [6.07, 6.45) is 2.18. The van der Waals surface area contributed by atoms with Crippen molar-refractivity contribution in [2.24, 2.45) is 0 Å². The molecule has 1 aliphatic rings. The molecule has 1 aliphatic heterocycles. The minimum Gasteiger partial charge on any atom is -0.486 e. The Morgan fingerprint density at radius 2 is 1.97 bits per heavy atom. The van der Waals surface area contributed by atoms with Gasteiger partial charge in [-0.2, -0.15) is 5.26 Å². The lowest BCUT2D eigenvalue weighted by Gasteiger charge is -2.26. The maximum Gasteiger partial charge on any atom is 0.263 e. The van der Waals surface area contributed by atoms with E-state index in [1.165, 1.54) is 11.8 Å². The fraction of sp³-hybridized carbons (Fsp3) is 0.304. The number of nitrogens with one attached hydrogen (secondary N) is 2. The lowest BCUT2D eigenvalue weighted by atomic mass is 10.0. The van der Waals surface area contributed by atoms with E-state index < -0.39 is 5.91 Å². The molecular weight excluding hydrogens is 366 g/mol. The Balaban J connectivity index is 1.52. The van der Waals surface area contributed by atoms with Crippen molar-refractivity contribution in [3.63, 3.8) is 0 Å². The van der Waals surface area contributed by atoms with Gasteiger partial charge in [0.05, 0.1) is 12.6 Å². The smallest absolute Gasteiger partial charge is 0.263 e. The molecule has 6 heteroatoms. The second-order valence-corrected chi connectivity index (χ2v) is 6.87. The van der Waals surface area contributed by atoms with Crippen LogP contribution in [-0.4, -0.2) is 25.2 Å². The minimum atomic E-state index is -0.418. The maximum absolute atomic E-state index is 12.4. The third-order valence-corrected chi connectivity index (χ3v) is 4.76. The summed E-state index contributed by atoms with van der Waals surface area (Å²) in [6.45, 7) is 4.81. The molecule has 0 fully saturated rings. The third-order valence-electron chi connectivity index (χ3n) is 4.76. The van der Waals surface area contributed by atoms with E-state index in [2.05, 4.69) is 17.6 Å². The number of rotatable bonds is 7. The summed E-state index contributed by atoms with van der Waals surface area (Å²) >= 11 is 0. The van der Waals surface area contributed by atoms with E-state index in [1.807, 2.05) is 61.5 Å². The van der Waals surface area contributed by atoms with Gasteiger partial charge in [0, 0.05) is 6.20 Å². The highest BCUT2D eigenvalue weighted by atomic mass is 16.6. The van der Waals surface area contributed by atoms with Crippen LogP contribution in [0.2, 0.25) is 0 Å². The summed E-state index contributed by atoms with van der Waals surface area (Å²) in [5, 5.41) is 15.2. The molecule has 1 amide bonds. The number of fused-ring (bicyclic) bond motifs is 1. The van der Waals surface area contributed by atoms with Crippen LogP contribution in [0.15, 0.2) is 60.3 Å². The van der Waals surface area contributed by atoms with Gasteiger partial charge in [-0.3, -0.25) is 4.79 Å². The quantitative estimate of drug-likeness (QED) is 0.559. The predicted octanol–water partition coefficient (Wildman–Crippen LogP) is 3.26. The average molecular weight is 391 g/mol. The molecule has 2 unspecified atom stereocenters. The molecule has 0 bridgehead atoms. The molecule has 2 N–H and O–H groups in total. The van der Waals surface area contributed by atoms with Crippen molar-refractivity contribution in [1.82, 2.24) is 10.6 Å². The first-order valence-electron chi connectivity index (χ1n) is 9.72. The van der Waals surface area contributed by atoms with Gasteiger partial charge in [-0.1, -0.05) is 43.3 Å². The second kappa shape index (κ2) is 9.65. The Morgan fingerprint density at radius 3 is 2.66 bits per heavy atom. The van der Waals surface area contributed by atoms with Crippen molar-refractivity contribution in [2.45, 2.75) is 32.4 Å². The maximum atomic E-state index is 12.4. The molecule has 0 spiro atoms. The largest absolute Gasteiger partial charge is 0.486 e. The number of nitriles is 1. The van der Waals surface area contributed by atoms with Gasteiger partial charge in [0.2, 0.25) is 0 Å². The van der Waals surface area contributed by atoms with Crippen LogP contribution in [0.25, 0.3) is 0 Å². The molecule has 0 saturated carbocycles. The van der Waals surface area contributed by atoms with E-state index in [0.717, 1.165) is 17.7 Å². The van der Waals surface area contributed by atoms with Crippen LogP contribution in [0, 0.1) is 11.3 Å². The van der Waals surface area contributed by atoms with Crippen molar-refractivity contribution in [1.29, 1.82) is 5.26 Å². The van der Waals surface area contributed by atoms with E-state index in [0.29, 0.717) is 18.9 Å². The number of carbonyl (C=O) groups excluding carboxylic acids is 1. The zero-order valence-electron chi connectivity index (χ0n) is 16.6. The van der Waals surface area contributed by atoms with Crippen LogP contribution in [0.1, 0.15) is 31.0 Å². The van der Waals surface area contributed by atoms with Crippen molar-refractivity contribution in [3.05, 3.63) is 71.4 Å². The van der Waals surface area contributed by atoms with Crippen LogP contribution >= 0.6 is 0 Å². The lowest BCUT2D eigenvalue weighted by molar-refractivity contribution is -0.117. The molecular formula is C23H25N3O3. The van der Waals surface area contributed by atoms with E-state index in [4.69, 9.17) is 9.47 Å². The standard InChI is InChI=1S/C23H25N3O3/c1-3-17-8-10-18(11-9-17)16(2)26-23(27)19(12-24)13-25-14-20-15-28-21-6-4-5-7-22(21)29-20/h4-11,13,16,20,25H,3,14-15H2,1-2H3,(H,26,27)/b19-13-. The summed E-state index contributed by atoms with van der Waals surface area (Å²) in [6, 6.07) is 17.3. The number of benzene rings is 2. The van der Waals surface area contributed by atoms with E-state index in [9.17, 15) is 10.1 Å². The summed E-state index contributed by atoms with van der Waals surface area (Å²) < 4.78 is 11.5. The number of hydrogen-bond acceptors (Lipinski definition) is 5. The molecule has 2 aromatic rings. The summed E-state index contributed by atoms with van der Waals surface area (Å²) in [5.74, 6) is 0.992. The first-order valence-corrected chi connectivity index (χ1v) is 9.72. The second-order valence-electron chi connectivity index (χ2n) is 6.87. The summed E-state index contributed by atoms with van der Waals surface area (Å²) in [7, 11) is 0. The van der Waals surface area contributed by atoms with Crippen LogP contribution < -0.4 is 20.1 Å². The highest BCUT2D eigenvalue weighted by Crippen LogP contribution is 2.30. The Hall–Kier alpha value is -3.46. The minimum absolute atomic E-state index is 0.0131. The topological polar surface area (TPSA) is 83.4 Å². The summed E-state index contributed by atoms with van der Waals surface area (Å²) in [4.78, 5) is 12.4. The molecule has 6 nitrogen and oxygen atoms in total. The number of aryl methyl sites for hydroxylation is 1. The van der Waals surface area contributed by atoms with Gasteiger partial charge >= 0.3 is 0 Å². The van der Waals surface area contributed by atoms with E-state index in [-0.39, 0.29) is 17.7 Å². The van der Waals surface area contributed by atoms with Gasteiger partial charge in [0.25, 0.3) is 5.91 Å². The molecule has 0 saturated heterocycles. The Labute approximate surface area is 171 Å². The number of amides is 1. The van der Waals surface area contributed by atoms with Gasteiger partial charge in [0.1, 0.15) is 24.4 Å². The molecule has 2 atom stereocenters. The SMILES string of the molecule is CCc1ccc(C(C)NC(=O)/C(C#N)=C\NCC2COc3ccccc3O2)cc1. The fourth-order valence-electron chi connectivity index (χ4n) is 3.00. The normalized spacial score (nSPS) is 16.4. The first kappa shape index (κ1) is 20.3. The number of ether oxygens (including phenoxy) is 2. The van der Waals surface area contributed by atoms with Gasteiger partial charge in [0.15, 0.2) is 11.5 Å². The molecule has 150 valence electrons. The van der Waals surface area contributed by atoms with Crippen molar-refractivity contribution in [3.8, 4) is 17.6 Å². The Bertz CT molecular complexity index is 916. The van der Waals surface area contributed by atoms with Crippen molar-refractivity contribution < 1.29 is 14.3 Å². The van der Waals surface area contributed by atoms with Crippen molar-refractivity contribution >= 4 is 5.91 Å². The van der Waals surface area contributed by atoms with Gasteiger partial charge in [-0.05, 0) is 36.6 Å². The Kier molecular flexibility index (Phi) is 6.75. The fourth-order valence-corrected chi connectivity index (χ4v) is 3.00. The highest BCUT2D eigenvalue weighted by Gasteiger charge is 2.20. The van der Waals surface area contributed by atoms with Crippen molar-refractivity contribution in [2.75, 3.05) is 13.2 Å². The first-order chi connectivity index (χ1) is 14.1. The lowest BCUT2D eigenvalue weighted by Crippen LogP contribution is -2.37. The molecule has 0 aromatic heterocycles. The molecule has 3 rings (SSSR count). The van der Waals surface area contributed by atoms with Crippen LogP contribution in [0.3, 0.4) is 0 Å². The van der Waals surface area contributed by atoms with E-state index in [1.54, 1.807) is 0 Å². The van der Waals surface area contributed by atoms with Crippen LogP contribution in [0.5, 0.6) is 11.5 Å². The number of para-hydroxylation sites is 2. The van der Waals surface area contributed by atoms with Gasteiger partial charge in [-0.25, -0.2) is 0 Å². The van der Waals surface area contributed by atoms with E-state index >= 15 is 0 Å². The monoisotopic (exact) mass is 391 g/mol.